The van der Waals surface area contributed by atoms with Crippen molar-refractivity contribution in [1.29, 1.82) is 0 Å². The van der Waals surface area contributed by atoms with Crippen LogP contribution in [0.1, 0.15) is 0 Å². The molecule has 0 saturated carbocycles. The van der Waals surface area contributed by atoms with E-state index in [0.717, 1.165) is 0 Å². The third-order valence-corrected chi connectivity index (χ3v) is 31.4. The van der Waals surface area contributed by atoms with E-state index in [2.05, 4.69) is 243 Å². The topological polar surface area (TPSA) is 0 Å². The Bertz CT molecular complexity index is 2120. The molecule has 0 saturated heterocycles. The molecule has 8 aromatic rings. The van der Waals surface area contributed by atoms with Crippen molar-refractivity contribution in [2.75, 3.05) is 29.5 Å². The number of rotatable bonds is 18. The summed E-state index contributed by atoms with van der Waals surface area (Å²) >= 11 is 0. The number of benzene rings is 8. The molecule has 0 heterocycles. The van der Waals surface area contributed by atoms with Crippen molar-refractivity contribution in [2.45, 2.75) is 0 Å². The highest BCUT2D eigenvalue weighted by Crippen LogP contribution is 2.63. The van der Waals surface area contributed by atoms with Gasteiger partial charge in [0.2, 0.25) is 0 Å². The lowest BCUT2D eigenvalue weighted by Gasteiger charge is -2.34. The van der Waals surface area contributed by atoms with Crippen molar-refractivity contribution >= 4 is 90.0 Å². The number of hydrogen-bond acceptors (Lipinski definition) is 0. The molecule has 4 atom stereocenters. The Hall–Kier alpha value is -3.66. The van der Waals surface area contributed by atoms with E-state index in [1.807, 2.05) is 0 Å². The van der Waals surface area contributed by atoms with E-state index in [-0.39, 0.29) is 0 Å². The summed E-state index contributed by atoms with van der Waals surface area (Å²) < 4.78 is 0. The second-order valence-corrected chi connectivity index (χ2v) is 30.2. The second-order valence-electron chi connectivity index (χ2n) is 14.4. The normalized spacial score (nSPS) is 13.5. The molecular weight excluding hydrogens is 822 g/mol. The van der Waals surface area contributed by atoms with E-state index in [4.69, 9.17) is 0 Å². The van der Waals surface area contributed by atoms with Crippen molar-refractivity contribution in [3.05, 3.63) is 243 Å². The summed E-state index contributed by atoms with van der Waals surface area (Å²) in [4.78, 5) is 0. The minimum absolute atomic E-state index is 0.467. The highest BCUT2D eigenvalue weighted by Gasteiger charge is 2.30. The van der Waals surface area contributed by atoms with Gasteiger partial charge in [0.25, 0.3) is 0 Å². The SMILES string of the molecule is c1ccc(P(CP(CP(CP(c2ccccc2)c2ccccc2)c2ccccc2)c2ccccc2)CP(CP(c2ccccc2)c2ccccc2)c2ccccc2)cc1. The Balaban J connectivity index is 1.18. The first-order chi connectivity index (χ1) is 29.3. The Morgan fingerprint density at radius 2 is 0.322 bits per heavy atom. The van der Waals surface area contributed by atoms with Gasteiger partial charge in [-0.05, 0) is 76.0 Å². The van der Waals surface area contributed by atoms with Crippen LogP contribution < -0.4 is 42.4 Å². The lowest BCUT2D eigenvalue weighted by Crippen LogP contribution is -2.19. The molecule has 0 aliphatic carbocycles. The molecule has 292 valence electrons. The predicted octanol–water partition coefficient (Wildman–Crippen LogP) is 12.3. The Kier molecular flexibility index (Phi) is 15.9. The smallest absolute Gasteiger partial charge is 0.000360 e. The maximum atomic E-state index is 2.45. The van der Waals surface area contributed by atoms with Crippen LogP contribution in [0.5, 0.6) is 0 Å². The van der Waals surface area contributed by atoms with Crippen molar-refractivity contribution in [3.8, 4) is 0 Å². The van der Waals surface area contributed by atoms with Crippen molar-refractivity contribution < 1.29 is 0 Å². The van der Waals surface area contributed by atoms with Gasteiger partial charge in [-0.25, -0.2) is 0 Å². The van der Waals surface area contributed by atoms with E-state index >= 15 is 0 Å². The summed E-state index contributed by atoms with van der Waals surface area (Å²) in [5, 5.41) is 12.1. The summed E-state index contributed by atoms with van der Waals surface area (Å²) in [5.74, 6) is 6.14. The molecule has 0 amide bonds. The average Bonchev–Trinajstić information content (AvgIpc) is 3.33. The minimum Gasteiger partial charge on any atom is -0.0659 e. The van der Waals surface area contributed by atoms with Gasteiger partial charge >= 0.3 is 0 Å². The summed E-state index contributed by atoms with van der Waals surface area (Å²) in [6, 6.07) is 92.0. The van der Waals surface area contributed by atoms with Crippen LogP contribution in [0.4, 0.5) is 0 Å². The summed E-state index contributed by atoms with van der Waals surface area (Å²) in [7, 11) is -2.93. The van der Waals surface area contributed by atoms with Crippen LogP contribution in [0, 0.1) is 0 Å². The zero-order chi connectivity index (χ0) is 39.9. The van der Waals surface area contributed by atoms with Crippen LogP contribution in [0.15, 0.2) is 243 Å². The van der Waals surface area contributed by atoms with Crippen LogP contribution in [0.25, 0.3) is 0 Å². The average molecular weight is 873 g/mol. The molecule has 8 aromatic carbocycles. The van der Waals surface area contributed by atoms with Gasteiger partial charge in [-0.1, -0.05) is 274 Å². The first kappa shape index (κ1) is 42.0. The van der Waals surface area contributed by atoms with Gasteiger partial charge in [0, 0.05) is 11.8 Å². The van der Waals surface area contributed by atoms with Crippen molar-refractivity contribution in [2.24, 2.45) is 0 Å². The minimum atomic E-state index is -0.526. The Morgan fingerprint density at radius 3 is 0.508 bits per heavy atom. The molecule has 4 unspecified atom stereocenters. The summed E-state index contributed by atoms with van der Waals surface area (Å²) in [6.45, 7) is 0. The van der Waals surface area contributed by atoms with E-state index in [1.165, 1.54) is 61.3 Å². The van der Waals surface area contributed by atoms with Gasteiger partial charge in [0.1, 0.15) is 0 Å². The molecule has 0 nitrogen and oxygen atoms in total. The highest BCUT2D eigenvalue weighted by molar-refractivity contribution is 7.96. The van der Waals surface area contributed by atoms with Crippen LogP contribution >= 0.6 is 47.5 Å². The fourth-order valence-electron chi connectivity index (χ4n) is 7.40. The van der Waals surface area contributed by atoms with Crippen molar-refractivity contribution in [1.82, 2.24) is 0 Å². The van der Waals surface area contributed by atoms with Gasteiger partial charge in [0.15, 0.2) is 0 Å². The molecule has 0 spiro atoms. The monoisotopic (exact) mass is 872 g/mol. The van der Waals surface area contributed by atoms with Gasteiger partial charge in [0.05, 0.1) is 0 Å². The van der Waals surface area contributed by atoms with E-state index in [0.29, 0.717) is 0 Å². The van der Waals surface area contributed by atoms with E-state index in [9.17, 15) is 0 Å². The van der Waals surface area contributed by atoms with Gasteiger partial charge in [-0.3, -0.25) is 0 Å². The van der Waals surface area contributed by atoms with Gasteiger partial charge < -0.3 is 0 Å². The first-order valence-electron chi connectivity index (χ1n) is 20.2. The lowest BCUT2D eigenvalue weighted by molar-refractivity contribution is 1.72. The maximum Gasteiger partial charge on any atom is 0.000360 e. The van der Waals surface area contributed by atoms with E-state index in [1.54, 1.807) is 10.6 Å². The predicted molar refractivity (Wildman–Crippen MR) is 274 cm³/mol. The fourth-order valence-corrected chi connectivity index (χ4v) is 32.7. The Labute approximate surface area is 360 Å². The Morgan fingerprint density at radius 1 is 0.169 bits per heavy atom. The first-order valence-corrected chi connectivity index (χ1v) is 30.1. The van der Waals surface area contributed by atoms with Gasteiger partial charge in [-0.15, -0.1) is 0 Å². The van der Waals surface area contributed by atoms with E-state index < -0.39 is 47.5 Å². The summed E-state index contributed by atoms with van der Waals surface area (Å²) in [5.41, 5.74) is 0. The zero-order valence-electron chi connectivity index (χ0n) is 33.3. The quantitative estimate of drug-likeness (QED) is 0.0754. The van der Waals surface area contributed by atoms with Crippen LogP contribution in [-0.4, -0.2) is 29.5 Å². The number of hydrogen-bond donors (Lipinski definition) is 0. The molecule has 6 heteroatoms. The molecule has 0 aromatic heterocycles. The lowest BCUT2D eigenvalue weighted by atomic mass is 10.4. The molecule has 0 bridgehead atoms. The summed E-state index contributed by atoms with van der Waals surface area (Å²) in [6.07, 6.45) is 0. The molecular formula is C53H50P6. The molecule has 0 radical (unpaired) electrons. The molecule has 8 rings (SSSR count). The zero-order valence-corrected chi connectivity index (χ0v) is 38.7. The van der Waals surface area contributed by atoms with Gasteiger partial charge in [-0.2, -0.15) is 0 Å². The van der Waals surface area contributed by atoms with Crippen LogP contribution in [0.2, 0.25) is 0 Å². The molecule has 0 aliphatic heterocycles. The van der Waals surface area contributed by atoms with Crippen molar-refractivity contribution in [3.63, 3.8) is 0 Å². The third kappa shape index (κ3) is 11.8. The largest absolute Gasteiger partial charge is 0.0659 e. The molecule has 0 aliphatic rings. The highest BCUT2D eigenvalue weighted by atomic mass is 31.2. The second kappa shape index (κ2) is 22.3. The van der Waals surface area contributed by atoms with Crippen LogP contribution in [-0.2, 0) is 0 Å². The molecule has 0 N–H and O–H groups in total. The van der Waals surface area contributed by atoms with Crippen LogP contribution in [0.3, 0.4) is 0 Å². The third-order valence-electron chi connectivity index (χ3n) is 10.4. The molecule has 0 fully saturated rings. The fraction of sp³-hybridized carbons (Fsp3) is 0.0943. The maximum absolute atomic E-state index is 2.45. The molecule has 59 heavy (non-hydrogen) atoms. The standard InChI is InChI=1S/C53H50P6/c1-9-25-46(26-10-1)54(42-56(48-29-13-3-14-30-48)44-58(50-33-17-5-18-34-50)51-35-19-6-20-36-51)41-55(47-27-11-2-12-28-47)43-57(49-31-15-4-16-32-49)45-59(52-37-21-7-22-38-52)53-39-23-8-24-40-53/h1-40H,41-45H2.